The van der Waals surface area contributed by atoms with Crippen molar-refractivity contribution in [2.24, 2.45) is 11.8 Å². The number of aliphatic carboxylic acids is 1. The van der Waals surface area contributed by atoms with Gasteiger partial charge < -0.3 is 20.6 Å². The molecule has 2 saturated heterocycles. The molecule has 2 atom stereocenters. The van der Waals surface area contributed by atoms with E-state index in [1.54, 1.807) is 11.0 Å². The van der Waals surface area contributed by atoms with Crippen molar-refractivity contribution in [3.8, 4) is 0 Å². The summed E-state index contributed by atoms with van der Waals surface area (Å²) in [7, 11) is 0. The number of carboxylic acid groups (broad SMARTS) is 1. The Balaban J connectivity index is 1.46. The Labute approximate surface area is 209 Å². The molecule has 0 aliphatic carbocycles. The highest BCUT2D eigenvalue weighted by Crippen LogP contribution is 2.30. The lowest BCUT2D eigenvalue weighted by atomic mass is 9.92. The minimum absolute atomic E-state index is 0.0434. The van der Waals surface area contributed by atoms with Crippen molar-refractivity contribution in [2.75, 3.05) is 26.2 Å². The van der Waals surface area contributed by atoms with Crippen molar-refractivity contribution in [2.45, 2.75) is 70.0 Å². The molecule has 0 saturated carbocycles. The van der Waals surface area contributed by atoms with Gasteiger partial charge in [-0.2, -0.15) is 13.2 Å². The first kappa shape index (κ1) is 28.0. The number of carbonyl (C=O) groups excluding carboxylic acids is 2. The third-order valence-electron chi connectivity index (χ3n) is 7.20. The molecule has 3 rings (SSSR count). The van der Waals surface area contributed by atoms with Crippen molar-refractivity contribution in [1.82, 2.24) is 15.5 Å². The van der Waals surface area contributed by atoms with E-state index < -0.39 is 35.6 Å². The monoisotopic (exact) mass is 511 g/mol. The van der Waals surface area contributed by atoms with Crippen LogP contribution in [0.4, 0.5) is 13.2 Å². The molecule has 0 radical (unpaired) electrons. The highest BCUT2D eigenvalue weighted by atomic mass is 19.4. The normalized spacial score (nSPS) is 20.1. The van der Waals surface area contributed by atoms with Gasteiger partial charge in [-0.15, -0.1) is 0 Å². The summed E-state index contributed by atoms with van der Waals surface area (Å²) in [6.45, 7) is 2.85. The van der Waals surface area contributed by atoms with Crippen LogP contribution in [0.25, 0.3) is 0 Å². The first-order valence-corrected chi connectivity index (χ1v) is 12.8. The lowest BCUT2D eigenvalue weighted by Gasteiger charge is -2.33. The SMILES string of the molecule is O=C(N[C@@H](CCCc1cccc(C(F)(F)F)c1)C(=O)O)[C@@H]1CCCN(C(=O)CCC2CCNCC2)C1. The van der Waals surface area contributed by atoms with Crippen molar-refractivity contribution in [1.29, 1.82) is 0 Å². The van der Waals surface area contributed by atoms with Crippen molar-refractivity contribution in [3.05, 3.63) is 35.4 Å². The zero-order chi connectivity index (χ0) is 26.1. The molecule has 2 heterocycles. The topological polar surface area (TPSA) is 98.7 Å². The number of halogens is 3. The molecule has 1 aromatic rings. The summed E-state index contributed by atoms with van der Waals surface area (Å²) in [4.78, 5) is 39.0. The van der Waals surface area contributed by atoms with Crippen LogP contribution in [0.3, 0.4) is 0 Å². The highest BCUT2D eigenvalue weighted by Gasteiger charge is 2.32. The second-order valence-electron chi connectivity index (χ2n) is 9.90. The molecule has 1 aromatic carbocycles. The minimum Gasteiger partial charge on any atom is -0.480 e. The number of likely N-dealkylation sites (tertiary alicyclic amines) is 1. The minimum atomic E-state index is -4.43. The first-order valence-electron chi connectivity index (χ1n) is 12.8. The molecule has 2 aliphatic heterocycles. The summed E-state index contributed by atoms with van der Waals surface area (Å²) in [6, 6.07) is 3.83. The van der Waals surface area contributed by atoms with Crippen LogP contribution in [0.1, 0.15) is 62.5 Å². The average Bonchev–Trinajstić information content (AvgIpc) is 2.87. The van der Waals surface area contributed by atoms with Crippen LogP contribution >= 0.6 is 0 Å². The summed E-state index contributed by atoms with van der Waals surface area (Å²) in [5.74, 6) is -1.45. The van der Waals surface area contributed by atoms with E-state index in [0.717, 1.165) is 44.5 Å². The third kappa shape index (κ3) is 8.50. The summed E-state index contributed by atoms with van der Waals surface area (Å²) in [5, 5.41) is 15.5. The molecule has 10 heteroatoms. The zero-order valence-corrected chi connectivity index (χ0v) is 20.5. The number of nitrogens with zero attached hydrogens (tertiary/aromatic N) is 1. The van der Waals surface area contributed by atoms with E-state index in [2.05, 4.69) is 10.6 Å². The van der Waals surface area contributed by atoms with Gasteiger partial charge in [-0.25, -0.2) is 4.79 Å². The van der Waals surface area contributed by atoms with Gasteiger partial charge in [-0.05, 0) is 82.0 Å². The maximum Gasteiger partial charge on any atom is 0.416 e. The van der Waals surface area contributed by atoms with E-state index in [9.17, 15) is 32.7 Å². The summed E-state index contributed by atoms with van der Waals surface area (Å²) in [5.41, 5.74) is -0.276. The molecule has 200 valence electrons. The average molecular weight is 512 g/mol. The van der Waals surface area contributed by atoms with E-state index in [1.807, 2.05) is 0 Å². The number of hydrogen-bond donors (Lipinski definition) is 3. The first-order chi connectivity index (χ1) is 17.1. The molecule has 36 heavy (non-hydrogen) atoms. The van der Waals surface area contributed by atoms with E-state index in [4.69, 9.17) is 0 Å². The Hall–Kier alpha value is -2.62. The Morgan fingerprint density at radius 2 is 1.92 bits per heavy atom. The summed E-state index contributed by atoms with van der Waals surface area (Å²) < 4.78 is 38.7. The Morgan fingerprint density at radius 1 is 1.17 bits per heavy atom. The molecule has 3 N–H and O–H groups in total. The number of benzene rings is 1. The van der Waals surface area contributed by atoms with Gasteiger partial charge in [0.2, 0.25) is 11.8 Å². The Bertz CT molecular complexity index is 903. The third-order valence-corrected chi connectivity index (χ3v) is 7.20. The highest BCUT2D eigenvalue weighted by molar-refractivity contribution is 5.86. The molecule has 0 unspecified atom stereocenters. The van der Waals surface area contributed by atoms with Crippen molar-refractivity contribution >= 4 is 17.8 Å². The van der Waals surface area contributed by atoms with Crippen LogP contribution in [0.5, 0.6) is 0 Å². The smallest absolute Gasteiger partial charge is 0.416 e. The van der Waals surface area contributed by atoms with Gasteiger partial charge in [0.1, 0.15) is 6.04 Å². The van der Waals surface area contributed by atoms with Crippen LogP contribution in [0, 0.1) is 11.8 Å². The Kier molecular flexibility index (Phi) is 10.2. The molecule has 2 amide bonds. The number of hydrogen-bond acceptors (Lipinski definition) is 4. The molecule has 2 aliphatic rings. The van der Waals surface area contributed by atoms with Crippen LogP contribution in [-0.2, 0) is 27.0 Å². The Morgan fingerprint density at radius 3 is 2.61 bits per heavy atom. The number of carbonyl (C=O) groups is 3. The fourth-order valence-electron chi connectivity index (χ4n) is 5.03. The number of amides is 2. The second kappa shape index (κ2) is 13.1. The number of nitrogens with one attached hydrogen (secondary N) is 2. The van der Waals surface area contributed by atoms with Crippen molar-refractivity contribution < 1.29 is 32.7 Å². The molecule has 2 fully saturated rings. The number of rotatable bonds is 10. The van der Waals surface area contributed by atoms with Gasteiger partial charge in [-0.1, -0.05) is 18.2 Å². The number of alkyl halides is 3. The van der Waals surface area contributed by atoms with E-state index in [1.165, 1.54) is 6.07 Å². The quantitative estimate of drug-likeness (QED) is 0.446. The molecule has 0 bridgehead atoms. The largest absolute Gasteiger partial charge is 0.480 e. The molecular formula is C26H36F3N3O4. The fourth-order valence-corrected chi connectivity index (χ4v) is 5.03. The van der Waals surface area contributed by atoms with E-state index in [-0.39, 0.29) is 25.3 Å². The number of carboxylic acids is 1. The van der Waals surface area contributed by atoms with Crippen molar-refractivity contribution in [3.63, 3.8) is 0 Å². The number of aryl methyl sites for hydroxylation is 1. The predicted octanol–water partition coefficient (Wildman–Crippen LogP) is 3.62. The second-order valence-corrected chi connectivity index (χ2v) is 9.90. The summed E-state index contributed by atoms with van der Waals surface area (Å²) in [6.07, 6.45) is 0.972. The molecule has 7 nitrogen and oxygen atoms in total. The van der Waals surface area contributed by atoms with Crippen LogP contribution in [0.2, 0.25) is 0 Å². The predicted molar refractivity (Wildman–Crippen MR) is 128 cm³/mol. The lowest BCUT2D eigenvalue weighted by Crippen LogP contribution is -2.49. The van der Waals surface area contributed by atoms with Crippen LogP contribution in [0.15, 0.2) is 24.3 Å². The van der Waals surface area contributed by atoms with Gasteiger partial charge in [0.15, 0.2) is 0 Å². The van der Waals surface area contributed by atoms with Crippen LogP contribution in [-0.4, -0.2) is 60.0 Å². The lowest BCUT2D eigenvalue weighted by molar-refractivity contribution is -0.144. The molecular weight excluding hydrogens is 475 g/mol. The fraction of sp³-hybridized carbons (Fsp3) is 0.654. The molecule has 0 aromatic heterocycles. The van der Waals surface area contributed by atoms with E-state index >= 15 is 0 Å². The van der Waals surface area contributed by atoms with Gasteiger partial charge in [0, 0.05) is 19.5 Å². The maximum absolute atomic E-state index is 12.9. The zero-order valence-electron chi connectivity index (χ0n) is 20.5. The number of piperidine rings is 2. The van der Waals surface area contributed by atoms with Gasteiger partial charge in [-0.3, -0.25) is 9.59 Å². The van der Waals surface area contributed by atoms with Gasteiger partial charge in [0.05, 0.1) is 11.5 Å². The van der Waals surface area contributed by atoms with Crippen LogP contribution < -0.4 is 10.6 Å². The van der Waals surface area contributed by atoms with Gasteiger partial charge >= 0.3 is 12.1 Å². The maximum atomic E-state index is 12.9. The van der Waals surface area contributed by atoms with E-state index in [0.29, 0.717) is 43.7 Å². The molecule has 0 spiro atoms. The van der Waals surface area contributed by atoms with Gasteiger partial charge in [0.25, 0.3) is 0 Å². The standard InChI is InChI=1S/C26H36F3N3O4/c27-26(28,29)21-7-1-4-19(16-21)5-2-8-22(25(35)36)31-24(34)20-6-3-15-32(17-20)23(33)10-9-18-11-13-30-14-12-18/h1,4,7,16,18,20,22,30H,2-3,5-6,8-15,17H2,(H,31,34)(H,35,36)/t20-,22+/m1/s1. The summed E-state index contributed by atoms with van der Waals surface area (Å²) >= 11 is 0.